The summed E-state index contributed by atoms with van der Waals surface area (Å²) in [6.45, 7) is 1.07. The highest BCUT2D eigenvalue weighted by atomic mass is 16.3. The molecule has 0 aromatic heterocycles. The van der Waals surface area contributed by atoms with E-state index in [4.69, 9.17) is 5.73 Å². The van der Waals surface area contributed by atoms with Gasteiger partial charge in [-0.05, 0) is 30.5 Å². The maximum atomic E-state index is 9.42. The first-order chi connectivity index (χ1) is 6.18. The highest BCUT2D eigenvalue weighted by Gasteiger charge is 2.15. The van der Waals surface area contributed by atoms with Crippen LogP contribution < -0.4 is 10.6 Å². The average Bonchev–Trinajstić information content (AvgIpc) is 2.09. The summed E-state index contributed by atoms with van der Waals surface area (Å²) in [4.78, 5) is 2.18. The molecular formula is C10H14N2O. The molecule has 1 aliphatic rings. The van der Waals surface area contributed by atoms with Crippen LogP contribution in [0.15, 0.2) is 12.1 Å². The van der Waals surface area contributed by atoms with Gasteiger partial charge in [0.2, 0.25) is 0 Å². The van der Waals surface area contributed by atoms with Crippen LogP contribution in [0.4, 0.5) is 11.4 Å². The van der Waals surface area contributed by atoms with E-state index in [1.807, 2.05) is 6.07 Å². The van der Waals surface area contributed by atoms with Crippen molar-refractivity contribution in [2.75, 3.05) is 24.2 Å². The molecule has 2 rings (SSSR count). The summed E-state index contributed by atoms with van der Waals surface area (Å²) in [7, 11) is 2.05. The third-order valence-electron chi connectivity index (χ3n) is 2.58. The Morgan fingerprint density at radius 3 is 3.00 bits per heavy atom. The number of benzene rings is 1. The summed E-state index contributed by atoms with van der Waals surface area (Å²) in [6, 6.07) is 3.63. The second-order valence-corrected chi connectivity index (χ2v) is 3.56. The quantitative estimate of drug-likeness (QED) is 0.466. The fourth-order valence-electron chi connectivity index (χ4n) is 1.82. The molecule has 0 radical (unpaired) electrons. The van der Waals surface area contributed by atoms with Crippen molar-refractivity contribution in [1.82, 2.24) is 0 Å². The second kappa shape index (κ2) is 2.83. The molecule has 13 heavy (non-hydrogen) atoms. The molecule has 1 aromatic carbocycles. The van der Waals surface area contributed by atoms with Crippen LogP contribution in [-0.2, 0) is 6.42 Å². The molecule has 0 bridgehead atoms. The first kappa shape index (κ1) is 8.23. The second-order valence-electron chi connectivity index (χ2n) is 3.56. The van der Waals surface area contributed by atoms with E-state index in [1.165, 1.54) is 5.56 Å². The maximum Gasteiger partial charge on any atom is 0.138 e. The topological polar surface area (TPSA) is 49.5 Å². The first-order valence-electron chi connectivity index (χ1n) is 4.51. The minimum atomic E-state index is 0.203. The number of hydrogen-bond acceptors (Lipinski definition) is 3. The van der Waals surface area contributed by atoms with Crippen LogP contribution in [-0.4, -0.2) is 18.7 Å². The molecular weight excluding hydrogens is 164 g/mol. The number of rotatable bonds is 0. The SMILES string of the molecule is CN1CCCc2cc(O)c(N)cc21. The lowest BCUT2D eigenvalue weighted by Crippen LogP contribution is -2.24. The number of phenols is 1. The summed E-state index contributed by atoms with van der Waals surface area (Å²) in [6.07, 6.45) is 2.18. The molecule has 0 spiro atoms. The van der Waals surface area contributed by atoms with Crippen LogP contribution in [0.2, 0.25) is 0 Å². The van der Waals surface area contributed by atoms with Crippen molar-refractivity contribution in [2.24, 2.45) is 0 Å². The molecule has 3 heteroatoms. The largest absolute Gasteiger partial charge is 0.506 e. The van der Waals surface area contributed by atoms with Gasteiger partial charge in [-0.1, -0.05) is 0 Å². The molecule has 3 nitrogen and oxygen atoms in total. The van der Waals surface area contributed by atoms with Gasteiger partial charge in [-0.3, -0.25) is 0 Å². The number of nitrogens with two attached hydrogens (primary N) is 1. The van der Waals surface area contributed by atoms with Crippen LogP contribution in [0.3, 0.4) is 0 Å². The molecule has 3 N–H and O–H groups in total. The summed E-state index contributed by atoms with van der Waals surface area (Å²) < 4.78 is 0. The number of aromatic hydroxyl groups is 1. The standard InChI is InChI=1S/C10H14N2O/c1-12-4-2-3-7-5-10(13)8(11)6-9(7)12/h5-6,13H,2-4,11H2,1H3. The van der Waals surface area contributed by atoms with E-state index in [0.29, 0.717) is 5.69 Å². The van der Waals surface area contributed by atoms with E-state index in [-0.39, 0.29) is 5.75 Å². The average molecular weight is 178 g/mol. The van der Waals surface area contributed by atoms with Crippen molar-refractivity contribution >= 4 is 11.4 Å². The van der Waals surface area contributed by atoms with Gasteiger partial charge in [-0.2, -0.15) is 0 Å². The molecule has 1 aromatic rings. The summed E-state index contributed by atoms with van der Waals surface area (Å²) in [5.74, 6) is 0.203. The Morgan fingerprint density at radius 2 is 2.23 bits per heavy atom. The third-order valence-corrected chi connectivity index (χ3v) is 2.58. The summed E-state index contributed by atoms with van der Waals surface area (Å²) in [5.41, 5.74) is 8.44. The van der Waals surface area contributed by atoms with Crippen LogP contribution in [0.5, 0.6) is 5.75 Å². The van der Waals surface area contributed by atoms with Crippen molar-refractivity contribution in [3.8, 4) is 5.75 Å². The Labute approximate surface area is 77.8 Å². The third kappa shape index (κ3) is 1.30. The van der Waals surface area contributed by atoms with Crippen molar-refractivity contribution < 1.29 is 5.11 Å². The Kier molecular flexibility index (Phi) is 1.79. The van der Waals surface area contributed by atoms with Crippen LogP contribution in [0, 0.1) is 0 Å². The van der Waals surface area contributed by atoms with Crippen molar-refractivity contribution in [3.63, 3.8) is 0 Å². The van der Waals surface area contributed by atoms with E-state index >= 15 is 0 Å². The number of fused-ring (bicyclic) bond motifs is 1. The highest BCUT2D eigenvalue weighted by molar-refractivity contribution is 5.67. The molecule has 1 heterocycles. The zero-order valence-corrected chi connectivity index (χ0v) is 7.75. The smallest absolute Gasteiger partial charge is 0.138 e. The number of hydrogen-bond donors (Lipinski definition) is 2. The Bertz CT molecular complexity index is 336. The lowest BCUT2D eigenvalue weighted by molar-refractivity contribution is 0.476. The fraction of sp³-hybridized carbons (Fsp3) is 0.400. The molecule has 0 amide bonds. The normalized spacial score (nSPS) is 15.6. The first-order valence-corrected chi connectivity index (χ1v) is 4.51. The predicted octanol–water partition coefficient (Wildman–Crippen LogP) is 1.36. The number of nitrogens with zero attached hydrogens (tertiary/aromatic N) is 1. The molecule has 70 valence electrons. The molecule has 0 atom stereocenters. The van der Waals surface area contributed by atoms with Gasteiger partial charge in [0.15, 0.2) is 0 Å². The van der Waals surface area contributed by atoms with Gasteiger partial charge in [0.25, 0.3) is 0 Å². The van der Waals surface area contributed by atoms with Gasteiger partial charge < -0.3 is 15.7 Å². The Balaban J connectivity index is 2.52. The van der Waals surface area contributed by atoms with E-state index < -0.39 is 0 Å². The lowest BCUT2D eigenvalue weighted by Gasteiger charge is -2.27. The summed E-state index contributed by atoms with van der Waals surface area (Å²) >= 11 is 0. The molecule has 0 saturated heterocycles. The molecule has 0 unspecified atom stereocenters. The van der Waals surface area contributed by atoms with Crippen LogP contribution >= 0.6 is 0 Å². The van der Waals surface area contributed by atoms with Crippen molar-refractivity contribution in [1.29, 1.82) is 0 Å². The maximum absolute atomic E-state index is 9.42. The van der Waals surface area contributed by atoms with Gasteiger partial charge in [0.05, 0.1) is 5.69 Å². The van der Waals surface area contributed by atoms with Gasteiger partial charge in [-0.25, -0.2) is 0 Å². The summed E-state index contributed by atoms with van der Waals surface area (Å²) in [5, 5.41) is 9.42. The van der Waals surface area contributed by atoms with Crippen LogP contribution in [0.1, 0.15) is 12.0 Å². The molecule has 1 aliphatic heterocycles. The van der Waals surface area contributed by atoms with E-state index in [0.717, 1.165) is 25.1 Å². The minimum Gasteiger partial charge on any atom is -0.506 e. The van der Waals surface area contributed by atoms with Gasteiger partial charge in [0, 0.05) is 19.3 Å². The van der Waals surface area contributed by atoms with Crippen molar-refractivity contribution in [2.45, 2.75) is 12.8 Å². The predicted molar refractivity (Wildman–Crippen MR) is 54.1 cm³/mol. The number of anilines is 2. The van der Waals surface area contributed by atoms with Crippen LogP contribution in [0.25, 0.3) is 0 Å². The van der Waals surface area contributed by atoms with E-state index in [9.17, 15) is 5.11 Å². The monoisotopic (exact) mass is 178 g/mol. The Hall–Kier alpha value is -1.38. The van der Waals surface area contributed by atoms with Gasteiger partial charge >= 0.3 is 0 Å². The Morgan fingerprint density at radius 1 is 1.46 bits per heavy atom. The zero-order chi connectivity index (χ0) is 9.42. The lowest BCUT2D eigenvalue weighted by atomic mass is 10.0. The van der Waals surface area contributed by atoms with Crippen molar-refractivity contribution in [3.05, 3.63) is 17.7 Å². The minimum absolute atomic E-state index is 0.203. The van der Waals surface area contributed by atoms with Gasteiger partial charge in [0.1, 0.15) is 5.75 Å². The fourth-order valence-corrected chi connectivity index (χ4v) is 1.82. The zero-order valence-electron chi connectivity index (χ0n) is 7.75. The number of aryl methyl sites for hydroxylation is 1. The highest BCUT2D eigenvalue weighted by Crippen LogP contribution is 2.33. The van der Waals surface area contributed by atoms with E-state index in [2.05, 4.69) is 11.9 Å². The number of phenolic OH excluding ortho intramolecular Hbond substituents is 1. The molecule has 0 aliphatic carbocycles. The molecule has 0 saturated carbocycles. The van der Waals surface area contributed by atoms with E-state index in [1.54, 1.807) is 6.07 Å². The number of nitrogen functional groups attached to an aromatic ring is 1. The molecule has 0 fully saturated rings. The van der Waals surface area contributed by atoms with Gasteiger partial charge in [-0.15, -0.1) is 0 Å².